The number of benzene rings is 1. The van der Waals surface area contributed by atoms with Crippen LogP contribution in [0.3, 0.4) is 0 Å². The molecule has 0 aromatic heterocycles. The first-order chi connectivity index (χ1) is 7.16. The quantitative estimate of drug-likeness (QED) is 0.601. The van der Waals surface area contributed by atoms with Gasteiger partial charge in [0.25, 0.3) is 0 Å². The topological polar surface area (TPSA) is 46.2 Å². The first-order valence-corrected chi connectivity index (χ1v) is 5.93. The second-order valence-electron chi connectivity index (χ2n) is 3.37. The van der Waals surface area contributed by atoms with Gasteiger partial charge < -0.3 is 10.8 Å². The summed E-state index contributed by atoms with van der Waals surface area (Å²) < 4.78 is 13.5. The van der Waals surface area contributed by atoms with E-state index in [4.69, 9.17) is 10.8 Å². The van der Waals surface area contributed by atoms with Crippen LogP contribution in [0, 0.1) is 5.82 Å². The average Bonchev–Trinajstić information content (AvgIpc) is 2.20. The van der Waals surface area contributed by atoms with Gasteiger partial charge in [-0.05, 0) is 25.0 Å². The maximum absolute atomic E-state index is 13.5. The van der Waals surface area contributed by atoms with Crippen molar-refractivity contribution in [3.63, 3.8) is 0 Å². The van der Waals surface area contributed by atoms with E-state index in [-0.39, 0.29) is 18.5 Å². The molecule has 0 saturated carbocycles. The van der Waals surface area contributed by atoms with Gasteiger partial charge in [-0.25, -0.2) is 4.39 Å². The fourth-order valence-electron chi connectivity index (χ4n) is 1.28. The summed E-state index contributed by atoms with van der Waals surface area (Å²) in [6, 6.07) is 4.78. The predicted molar refractivity (Wildman–Crippen MR) is 61.4 cm³/mol. The lowest BCUT2D eigenvalue weighted by Crippen LogP contribution is -2.07. The second-order valence-corrected chi connectivity index (χ2v) is 4.48. The monoisotopic (exact) mass is 229 g/mol. The van der Waals surface area contributed by atoms with Crippen LogP contribution in [0.2, 0.25) is 0 Å². The maximum Gasteiger partial charge on any atom is 0.137 e. The van der Waals surface area contributed by atoms with Crippen LogP contribution in [0.15, 0.2) is 23.1 Å². The van der Waals surface area contributed by atoms with Gasteiger partial charge in [-0.2, -0.15) is 0 Å². The Morgan fingerprint density at radius 2 is 2.27 bits per heavy atom. The minimum atomic E-state index is -0.229. The zero-order valence-electron chi connectivity index (χ0n) is 8.74. The molecular weight excluding hydrogens is 213 g/mol. The van der Waals surface area contributed by atoms with E-state index < -0.39 is 0 Å². The molecule has 0 amide bonds. The molecule has 3 N–H and O–H groups in total. The van der Waals surface area contributed by atoms with Gasteiger partial charge in [-0.1, -0.05) is 12.1 Å². The minimum Gasteiger partial charge on any atom is -0.396 e. The van der Waals surface area contributed by atoms with Gasteiger partial charge in [0, 0.05) is 23.3 Å². The van der Waals surface area contributed by atoms with Crippen LogP contribution in [-0.4, -0.2) is 17.5 Å². The van der Waals surface area contributed by atoms with Crippen molar-refractivity contribution < 1.29 is 9.50 Å². The van der Waals surface area contributed by atoms with Gasteiger partial charge in [-0.3, -0.25) is 0 Å². The van der Waals surface area contributed by atoms with Crippen molar-refractivity contribution in [2.24, 2.45) is 5.73 Å². The molecule has 0 saturated heterocycles. The SMILES string of the molecule is C[C@@H](N)c1cccc(F)c1SCCCO. The van der Waals surface area contributed by atoms with Crippen LogP contribution >= 0.6 is 11.8 Å². The fraction of sp³-hybridized carbons (Fsp3) is 0.455. The molecular formula is C11H16FNOS. The summed E-state index contributed by atoms with van der Waals surface area (Å²) >= 11 is 1.41. The number of aliphatic hydroxyl groups is 1. The summed E-state index contributed by atoms with van der Waals surface area (Å²) in [7, 11) is 0. The largest absolute Gasteiger partial charge is 0.396 e. The Morgan fingerprint density at radius 1 is 1.53 bits per heavy atom. The van der Waals surface area contributed by atoms with Crippen molar-refractivity contribution >= 4 is 11.8 Å². The molecule has 0 spiro atoms. The van der Waals surface area contributed by atoms with Crippen molar-refractivity contribution in [2.75, 3.05) is 12.4 Å². The minimum absolute atomic E-state index is 0.134. The predicted octanol–water partition coefficient (Wildman–Crippen LogP) is 2.32. The third-order valence-electron chi connectivity index (χ3n) is 2.04. The van der Waals surface area contributed by atoms with Crippen molar-refractivity contribution in [1.82, 2.24) is 0 Å². The molecule has 84 valence electrons. The van der Waals surface area contributed by atoms with Crippen LogP contribution < -0.4 is 5.73 Å². The second kappa shape index (κ2) is 6.10. The number of nitrogens with two attached hydrogens (primary N) is 1. The Balaban J connectivity index is 2.82. The highest BCUT2D eigenvalue weighted by atomic mass is 32.2. The molecule has 1 rings (SSSR count). The summed E-state index contributed by atoms with van der Waals surface area (Å²) in [5, 5.41) is 8.66. The van der Waals surface area contributed by atoms with Gasteiger partial charge >= 0.3 is 0 Å². The number of hydrogen-bond acceptors (Lipinski definition) is 3. The molecule has 0 aliphatic heterocycles. The lowest BCUT2D eigenvalue weighted by molar-refractivity contribution is 0.296. The lowest BCUT2D eigenvalue weighted by atomic mass is 10.1. The molecule has 2 nitrogen and oxygen atoms in total. The zero-order chi connectivity index (χ0) is 11.3. The Kier molecular flexibility index (Phi) is 5.08. The number of halogens is 1. The molecule has 1 aromatic carbocycles. The van der Waals surface area contributed by atoms with Crippen molar-refractivity contribution in [3.8, 4) is 0 Å². The Hall–Kier alpha value is -0.580. The van der Waals surface area contributed by atoms with Crippen LogP contribution in [0.4, 0.5) is 4.39 Å². The standard InChI is InChI=1S/C11H16FNOS/c1-8(13)9-4-2-5-10(12)11(9)15-7-3-6-14/h2,4-5,8,14H,3,6-7,13H2,1H3/t8-/m1/s1. The van der Waals surface area contributed by atoms with Gasteiger partial charge in [0.1, 0.15) is 5.82 Å². The van der Waals surface area contributed by atoms with Crippen LogP contribution in [0.1, 0.15) is 24.9 Å². The third-order valence-corrected chi connectivity index (χ3v) is 3.25. The van der Waals surface area contributed by atoms with E-state index >= 15 is 0 Å². The van der Waals surface area contributed by atoms with Gasteiger partial charge in [0.15, 0.2) is 0 Å². The Morgan fingerprint density at radius 3 is 2.87 bits per heavy atom. The molecule has 0 heterocycles. The smallest absolute Gasteiger partial charge is 0.137 e. The summed E-state index contributed by atoms with van der Waals surface area (Å²) in [4.78, 5) is 0.612. The highest BCUT2D eigenvalue weighted by molar-refractivity contribution is 7.99. The average molecular weight is 229 g/mol. The van der Waals surface area contributed by atoms with E-state index in [9.17, 15) is 4.39 Å². The highest BCUT2D eigenvalue weighted by Crippen LogP contribution is 2.29. The van der Waals surface area contributed by atoms with E-state index in [0.29, 0.717) is 17.1 Å². The number of thioether (sulfide) groups is 1. The maximum atomic E-state index is 13.5. The highest BCUT2D eigenvalue weighted by Gasteiger charge is 2.11. The van der Waals surface area contributed by atoms with Crippen LogP contribution in [0.25, 0.3) is 0 Å². The number of aliphatic hydroxyl groups excluding tert-OH is 1. The fourth-order valence-corrected chi connectivity index (χ4v) is 2.38. The van der Waals surface area contributed by atoms with Crippen molar-refractivity contribution in [1.29, 1.82) is 0 Å². The van der Waals surface area contributed by atoms with Crippen molar-refractivity contribution in [2.45, 2.75) is 24.3 Å². The first kappa shape index (κ1) is 12.5. The van der Waals surface area contributed by atoms with Gasteiger partial charge in [0.05, 0.1) is 0 Å². The van der Waals surface area contributed by atoms with E-state index in [1.807, 2.05) is 13.0 Å². The molecule has 1 atom stereocenters. The van der Waals surface area contributed by atoms with E-state index in [1.54, 1.807) is 6.07 Å². The van der Waals surface area contributed by atoms with E-state index in [0.717, 1.165) is 5.56 Å². The molecule has 0 bridgehead atoms. The zero-order valence-corrected chi connectivity index (χ0v) is 9.56. The molecule has 4 heteroatoms. The number of hydrogen-bond donors (Lipinski definition) is 2. The first-order valence-electron chi connectivity index (χ1n) is 4.94. The molecule has 15 heavy (non-hydrogen) atoms. The van der Waals surface area contributed by atoms with Crippen LogP contribution in [0.5, 0.6) is 0 Å². The van der Waals surface area contributed by atoms with E-state index in [2.05, 4.69) is 0 Å². The molecule has 0 fully saturated rings. The molecule has 0 aliphatic rings. The van der Waals surface area contributed by atoms with Crippen LogP contribution in [-0.2, 0) is 0 Å². The Bertz CT molecular complexity index is 317. The summed E-state index contributed by atoms with van der Waals surface area (Å²) in [5.41, 5.74) is 6.59. The lowest BCUT2D eigenvalue weighted by Gasteiger charge is -2.12. The summed E-state index contributed by atoms with van der Waals surface area (Å²) in [5.74, 6) is 0.477. The molecule has 0 unspecified atom stereocenters. The number of rotatable bonds is 5. The molecule has 1 aromatic rings. The van der Waals surface area contributed by atoms with Crippen molar-refractivity contribution in [3.05, 3.63) is 29.6 Å². The molecule has 0 radical (unpaired) electrons. The normalized spacial score (nSPS) is 12.8. The van der Waals surface area contributed by atoms with E-state index in [1.165, 1.54) is 17.8 Å². The summed E-state index contributed by atoms with van der Waals surface area (Å²) in [6.45, 7) is 1.97. The van der Waals surface area contributed by atoms with Gasteiger partial charge in [0.2, 0.25) is 0 Å². The third kappa shape index (κ3) is 3.48. The Labute approximate surface area is 93.7 Å². The van der Waals surface area contributed by atoms with Gasteiger partial charge in [-0.15, -0.1) is 11.8 Å². The summed E-state index contributed by atoms with van der Waals surface area (Å²) in [6.07, 6.45) is 0.664. The molecule has 0 aliphatic carbocycles.